The van der Waals surface area contributed by atoms with Crippen LogP contribution in [0, 0.1) is 0 Å². The van der Waals surface area contributed by atoms with Crippen LogP contribution in [-0.4, -0.2) is 27.2 Å². The number of hydrogen-bond donors (Lipinski definition) is 0. The van der Waals surface area contributed by atoms with E-state index >= 15 is 0 Å². The van der Waals surface area contributed by atoms with Crippen molar-refractivity contribution in [1.82, 2.24) is 4.90 Å². The van der Waals surface area contributed by atoms with Gasteiger partial charge in [0.2, 0.25) is 0 Å². The Labute approximate surface area is 163 Å². The van der Waals surface area contributed by atoms with Gasteiger partial charge in [-0.15, -0.1) is 0 Å². The summed E-state index contributed by atoms with van der Waals surface area (Å²) in [6.07, 6.45) is 0. The van der Waals surface area contributed by atoms with Crippen molar-refractivity contribution in [2.75, 3.05) is 11.9 Å². The maximum absolute atomic E-state index is 4.80. The fourth-order valence-corrected chi connectivity index (χ4v) is 4.42. The fourth-order valence-electron chi connectivity index (χ4n) is 2.88. The van der Waals surface area contributed by atoms with Gasteiger partial charge in [0.1, 0.15) is 0 Å². The molecule has 4 heteroatoms. The van der Waals surface area contributed by atoms with Crippen LogP contribution < -0.4 is 0 Å². The summed E-state index contributed by atoms with van der Waals surface area (Å²) in [5, 5.41) is 2.71. The Morgan fingerprint density at radius 1 is 1.04 bits per heavy atom. The molecule has 0 aliphatic carbocycles. The molecule has 0 radical (unpaired) electrons. The second-order valence-corrected chi connectivity index (χ2v) is 8.67. The van der Waals surface area contributed by atoms with E-state index in [0.29, 0.717) is 11.2 Å². The lowest BCUT2D eigenvalue weighted by molar-refractivity contribution is 0.414. The van der Waals surface area contributed by atoms with Crippen LogP contribution in [-0.2, 0) is 13.1 Å². The van der Waals surface area contributed by atoms with Gasteiger partial charge in [-0.25, -0.2) is 0 Å². The van der Waals surface area contributed by atoms with E-state index in [2.05, 4.69) is 89.3 Å². The molecule has 0 N–H and O–H groups in total. The molecule has 3 rings (SSSR count). The van der Waals surface area contributed by atoms with Crippen molar-refractivity contribution in [3.63, 3.8) is 0 Å². The molecule has 2 aromatic carbocycles. The average molecular weight is 417 g/mol. The number of benzene rings is 2. The first-order chi connectivity index (χ1) is 12.2. The number of thioether (sulfide) groups is 1. The maximum atomic E-state index is 4.80. The highest BCUT2D eigenvalue weighted by molar-refractivity contribution is 9.09. The quantitative estimate of drug-likeness (QED) is 0.562. The largest absolute Gasteiger partial charge is 0.343 e. The normalized spacial score (nSPS) is 17.0. The predicted molar refractivity (Wildman–Crippen MR) is 114 cm³/mol. The monoisotopic (exact) mass is 416 g/mol. The van der Waals surface area contributed by atoms with Gasteiger partial charge in [-0.1, -0.05) is 96.1 Å². The van der Waals surface area contributed by atoms with Crippen LogP contribution in [0.15, 0.2) is 59.6 Å². The molecule has 0 aromatic heterocycles. The topological polar surface area (TPSA) is 15.6 Å². The van der Waals surface area contributed by atoms with E-state index in [0.717, 1.165) is 25.0 Å². The molecule has 132 valence electrons. The second kappa shape index (κ2) is 8.91. The van der Waals surface area contributed by atoms with Crippen molar-refractivity contribution < 1.29 is 0 Å². The Hall–Kier alpha value is -1.26. The van der Waals surface area contributed by atoms with Crippen molar-refractivity contribution >= 4 is 32.9 Å². The molecular formula is C21H25BrN2S. The molecule has 1 heterocycles. The molecule has 0 bridgehead atoms. The third-order valence-electron chi connectivity index (χ3n) is 4.38. The highest BCUT2D eigenvalue weighted by atomic mass is 79.9. The highest BCUT2D eigenvalue weighted by Crippen LogP contribution is 2.27. The van der Waals surface area contributed by atoms with Gasteiger partial charge < -0.3 is 4.90 Å². The zero-order chi connectivity index (χ0) is 17.6. The summed E-state index contributed by atoms with van der Waals surface area (Å²) >= 11 is 5.49. The van der Waals surface area contributed by atoms with Crippen LogP contribution in [0.5, 0.6) is 0 Å². The molecule has 1 atom stereocenters. The van der Waals surface area contributed by atoms with Gasteiger partial charge in [-0.3, -0.25) is 4.99 Å². The number of amidine groups is 1. The first-order valence-corrected chi connectivity index (χ1v) is 10.8. The summed E-state index contributed by atoms with van der Waals surface area (Å²) in [4.78, 5) is 7.21. The molecule has 2 nitrogen and oxygen atoms in total. The van der Waals surface area contributed by atoms with Crippen LogP contribution in [0.3, 0.4) is 0 Å². The van der Waals surface area contributed by atoms with Gasteiger partial charge >= 0.3 is 0 Å². The number of nitrogens with zero attached hydrogens (tertiary/aromatic N) is 2. The van der Waals surface area contributed by atoms with Crippen LogP contribution in [0.1, 0.15) is 36.5 Å². The Balaban J connectivity index is 1.76. The van der Waals surface area contributed by atoms with Crippen molar-refractivity contribution in [2.24, 2.45) is 4.99 Å². The number of rotatable bonds is 6. The lowest BCUT2D eigenvalue weighted by Crippen LogP contribution is -2.27. The molecular weight excluding hydrogens is 392 g/mol. The third-order valence-corrected chi connectivity index (χ3v) is 6.84. The Bertz CT molecular complexity index is 698. The maximum Gasteiger partial charge on any atom is 0.160 e. The molecule has 1 aliphatic heterocycles. The van der Waals surface area contributed by atoms with E-state index in [1.807, 2.05) is 11.8 Å². The number of alkyl halides is 1. The standard InChI is InChI=1S/C21H25BrN2S/c1-16(2)19-10-8-18(9-11-19)15-24(14-17-6-4-3-5-7-17)21-23-13-20(12-22)25-21/h3-11,16,20H,12-15H2,1-2H3. The van der Waals surface area contributed by atoms with Gasteiger partial charge in [-0.2, -0.15) is 0 Å². The van der Waals surface area contributed by atoms with Gasteiger partial charge in [0.05, 0.1) is 6.54 Å². The molecule has 0 amide bonds. The Kier molecular flexibility index (Phi) is 6.60. The van der Waals surface area contributed by atoms with Gasteiger partial charge in [0, 0.05) is 23.7 Å². The van der Waals surface area contributed by atoms with Gasteiger partial charge in [0.15, 0.2) is 5.17 Å². The molecule has 1 aliphatic rings. The second-order valence-electron chi connectivity index (χ2n) is 6.76. The van der Waals surface area contributed by atoms with Gasteiger partial charge in [-0.05, 0) is 22.6 Å². The Morgan fingerprint density at radius 3 is 2.24 bits per heavy atom. The zero-order valence-corrected chi connectivity index (χ0v) is 17.3. The van der Waals surface area contributed by atoms with Crippen molar-refractivity contribution in [3.8, 4) is 0 Å². The van der Waals surface area contributed by atoms with Crippen molar-refractivity contribution in [1.29, 1.82) is 0 Å². The Morgan fingerprint density at radius 2 is 1.68 bits per heavy atom. The van der Waals surface area contributed by atoms with Crippen molar-refractivity contribution in [3.05, 3.63) is 71.3 Å². The molecule has 0 saturated heterocycles. The zero-order valence-electron chi connectivity index (χ0n) is 14.9. The van der Waals surface area contributed by atoms with E-state index in [4.69, 9.17) is 4.99 Å². The SMILES string of the molecule is CC(C)c1ccc(CN(Cc2ccccc2)C2=NCC(CBr)S2)cc1. The fraction of sp³-hybridized carbons (Fsp3) is 0.381. The number of hydrogen-bond acceptors (Lipinski definition) is 3. The summed E-state index contributed by atoms with van der Waals surface area (Å²) in [6, 6.07) is 19.7. The average Bonchev–Trinajstić information content (AvgIpc) is 3.12. The minimum atomic E-state index is 0.552. The lowest BCUT2D eigenvalue weighted by Gasteiger charge is -2.25. The molecule has 0 spiro atoms. The molecule has 2 aromatic rings. The van der Waals surface area contributed by atoms with Crippen LogP contribution >= 0.6 is 27.7 Å². The summed E-state index contributed by atoms with van der Waals surface area (Å²) < 4.78 is 0. The predicted octanol–water partition coefficient (Wildman–Crippen LogP) is 5.68. The molecule has 0 saturated carbocycles. The molecule has 25 heavy (non-hydrogen) atoms. The minimum absolute atomic E-state index is 0.552. The van der Waals surface area contributed by atoms with E-state index in [1.165, 1.54) is 21.9 Å². The smallest absolute Gasteiger partial charge is 0.160 e. The van der Waals surface area contributed by atoms with E-state index in [-0.39, 0.29) is 0 Å². The van der Waals surface area contributed by atoms with E-state index < -0.39 is 0 Å². The van der Waals surface area contributed by atoms with E-state index in [1.54, 1.807) is 0 Å². The van der Waals surface area contributed by atoms with E-state index in [9.17, 15) is 0 Å². The summed E-state index contributed by atoms with van der Waals surface area (Å²) in [5.74, 6) is 0.573. The molecule has 0 fully saturated rings. The van der Waals surface area contributed by atoms with Gasteiger partial charge in [0.25, 0.3) is 0 Å². The highest BCUT2D eigenvalue weighted by Gasteiger charge is 2.23. The lowest BCUT2D eigenvalue weighted by atomic mass is 10.0. The molecule has 1 unspecified atom stereocenters. The van der Waals surface area contributed by atoms with Crippen LogP contribution in [0.25, 0.3) is 0 Å². The number of aliphatic imine (C=N–C) groups is 1. The third kappa shape index (κ3) is 5.11. The first-order valence-electron chi connectivity index (χ1n) is 8.80. The van der Waals surface area contributed by atoms with Crippen molar-refractivity contribution in [2.45, 2.75) is 38.1 Å². The number of halogens is 1. The van der Waals surface area contributed by atoms with Crippen LogP contribution in [0.4, 0.5) is 0 Å². The van der Waals surface area contributed by atoms with Crippen LogP contribution in [0.2, 0.25) is 0 Å². The summed E-state index contributed by atoms with van der Waals surface area (Å²) in [7, 11) is 0. The summed E-state index contributed by atoms with van der Waals surface area (Å²) in [6.45, 7) is 7.17. The first kappa shape index (κ1) is 18.5. The summed E-state index contributed by atoms with van der Waals surface area (Å²) in [5.41, 5.74) is 4.06. The minimum Gasteiger partial charge on any atom is -0.343 e.